The zero-order chi connectivity index (χ0) is 14.4. The molecule has 1 heteroatoms. The van der Waals surface area contributed by atoms with Gasteiger partial charge in [-0.3, -0.25) is 4.79 Å². The molecule has 104 valence electrons. The Kier molecular flexibility index (Phi) is 2.81. The van der Waals surface area contributed by atoms with Crippen molar-refractivity contribution in [2.24, 2.45) is 5.92 Å². The summed E-state index contributed by atoms with van der Waals surface area (Å²) in [5.74, 6) is 0.379. The molecule has 0 saturated heterocycles. The summed E-state index contributed by atoms with van der Waals surface area (Å²) < 4.78 is 0. The van der Waals surface area contributed by atoms with Gasteiger partial charge in [-0.2, -0.15) is 0 Å². The number of aryl methyl sites for hydroxylation is 1. The summed E-state index contributed by atoms with van der Waals surface area (Å²) in [5.41, 5.74) is 5.44. The molecular formula is C20H18O. The van der Waals surface area contributed by atoms with Crippen LogP contribution in [0.3, 0.4) is 0 Å². The first kappa shape index (κ1) is 12.6. The van der Waals surface area contributed by atoms with Crippen molar-refractivity contribution < 1.29 is 4.79 Å². The van der Waals surface area contributed by atoms with Crippen LogP contribution in [0.1, 0.15) is 24.5 Å². The van der Waals surface area contributed by atoms with Crippen LogP contribution in [-0.2, 0) is 17.6 Å². The van der Waals surface area contributed by atoms with Gasteiger partial charge in [0.2, 0.25) is 0 Å². The molecule has 0 N–H and O–H groups in total. The summed E-state index contributed by atoms with van der Waals surface area (Å²) in [6.07, 6.45) is 7.48. The van der Waals surface area contributed by atoms with Gasteiger partial charge in [-0.25, -0.2) is 0 Å². The van der Waals surface area contributed by atoms with E-state index in [4.69, 9.17) is 0 Å². The fourth-order valence-electron chi connectivity index (χ4n) is 3.64. The Morgan fingerprint density at radius 3 is 2.71 bits per heavy atom. The van der Waals surface area contributed by atoms with E-state index < -0.39 is 0 Å². The average Bonchev–Trinajstić information content (AvgIpc) is 2.53. The molecule has 2 aliphatic carbocycles. The van der Waals surface area contributed by atoms with Crippen LogP contribution in [-0.4, -0.2) is 5.78 Å². The highest BCUT2D eigenvalue weighted by molar-refractivity contribution is 5.85. The topological polar surface area (TPSA) is 17.1 Å². The van der Waals surface area contributed by atoms with Crippen molar-refractivity contribution >= 4 is 17.9 Å². The molecule has 0 radical (unpaired) electrons. The number of hydrogen-bond acceptors (Lipinski definition) is 1. The van der Waals surface area contributed by atoms with Crippen LogP contribution in [0.2, 0.25) is 0 Å². The lowest BCUT2D eigenvalue weighted by molar-refractivity contribution is -0.119. The molecule has 0 fully saturated rings. The maximum Gasteiger partial charge on any atom is 0.136 e. The number of carbonyl (C=O) groups excluding carboxylic acids is 1. The lowest BCUT2D eigenvalue weighted by atomic mass is 9.83. The normalized spacial score (nSPS) is 18.6. The van der Waals surface area contributed by atoms with Crippen LogP contribution < -0.4 is 10.4 Å². The predicted octanol–water partition coefficient (Wildman–Crippen LogP) is 2.62. The maximum atomic E-state index is 11.7. The molecule has 2 aromatic rings. The molecule has 2 aromatic carbocycles. The van der Waals surface area contributed by atoms with Crippen molar-refractivity contribution in [2.75, 3.05) is 0 Å². The highest BCUT2D eigenvalue weighted by Gasteiger charge is 2.19. The zero-order valence-corrected chi connectivity index (χ0v) is 12.2. The molecule has 1 atom stereocenters. The van der Waals surface area contributed by atoms with E-state index in [1.165, 1.54) is 32.7 Å². The van der Waals surface area contributed by atoms with Gasteiger partial charge in [-0.15, -0.1) is 0 Å². The monoisotopic (exact) mass is 274 g/mol. The second-order valence-electron chi connectivity index (χ2n) is 6.09. The van der Waals surface area contributed by atoms with Gasteiger partial charge in [-0.1, -0.05) is 48.6 Å². The van der Waals surface area contributed by atoms with Gasteiger partial charge in [0.05, 0.1) is 0 Å². The Morgan fingerprint density at radius 2 is 1.86 bits per heavy atom. The Bertz CT molecular complexity index is 858. The molecule has 2 aliphatic rings. The standard InChI is InChI=1S/C20H18O/c1-13(21)16-7-6-15-9-10-18-17-5-3-2-4-14(17)8-11-19(18)20(15)12-16/h2-5,9-12,16H,6-8H2,1H3. The molecule has 0 spiro atoms. The van der Waals surface area contributed by atoms with E-state index in [0.29, 0.717) is 0 Å². The smallest absolute Gasteiger partial charge is 0.136 e. The first-order valence-electron chi connectivity index (χ1n) is 7.67. The van der Waals surface area contributed by atoms with Crippen LogP contribution in [0.15, 0.2) is 36.4 Å². The quantitative estimate of drug-likeness (QED) is 0.781. The molecule has 0 aliphatic heterocycles. The largest absolute Gasteiger partial charge is 0.299 e. The van der Waals surface area contributed by atoms with Crippen LogP contribution in [0.25, 0.3) is 23.3 Å². The van der Waals surface area contributed by atoms with Crippen LogP contribution >= 0.6 is 0 Å². The van der Waals surface area contributed by atoms with Crippen LogP contribution in [0.4, 0.5) is 0 Å². The molecule has 1 unspecified atom stereocenters. The fourth-order valence-corrected chi connectivity index (χ4v) is 3.64. The predicted molar refractivity (Wildman–Crippen MR) is 86.3 cm³/mol. The number of benzene rings is 2. The van der Waals surface area contributed by atoms with Crippen molar-refractivity contribution in [1.82, 2.24) is 0 Å². The van der Waals surface area contributed by atoms with E-state index in [2.05, 4.69) is 48.6 Å². The van der Waals surface area contributed by atoms with Crippen LogP contribution in [0, 0.1) is 5.92 Å². The van der Waals surface area contributed by atoms with Crippen LogP contribution in [0.5, 0.6) is 0 Å². The van der Waals surface area contributed by atoms with Crippen molar-refractivity contribution in [3.05, 3.63) is 58.0 Å². The summed E-state index contributed by atoms with van der Waals surface area (Å²) in [4.78, 5) is 11.7. The average molecular weight is 274 g/mol. The molecule has 0 saturated carbocycles. The third-order valence-electron chi connectivity index (χ3n) is 4.83. The lowest BCUT2D eigenvalue weighted by Gasteiger charge is -2.20. The number of Topliss-reactive ketones (excluding diaryl/α,β-unsaturated/α-hetero) is 1. The van der Waals surface area contributed by atoms with E-state index >= 15 is 0 Å². The lowest BCUT2D eigenvalue weighted by Crippen LogP contribution is -2.36. The molecule has 0 bridgehead atoms. The third kappa shape index (κ3) is 1.96. The minimum atomic E-state index is 0.0922. The van der Waals surface area contributed by atoms with Gasteiger partial charge in [0.25, 0.3) is 0 Å². The van der Waals surface area contributed by atoms with Gasteiger partial charge < -0.3 is 0 Å². The third-order valence-corrected chi connectivity index (χ3v) is 4.83. The molecule has 4 rings (SSSR count). The van der Waals surface area contributed by atoms with Gasteiger partial charge in [0.1, 0.15) is 5.78 Å². The highest BCUT2D eigenvalue weighted by atomic mass is 16.1. The minimum Gasteiger partial charge on any atom is -0.299 e. The van der Waals surface area contributed by atoms with Gasteiger partial charge >= 0.3 is 0 Å². The number of carbonyl (C=O) groups is 1. The summed E-state index contributed by atoms with van der Waals surface area (Å²) in [7, 11) is 0. The minimum absolute atomic E-state index is 0.0922. The first-order chi connectivity index (χ1) is 10.2. The Hall–Kier alpha value is -2.15. The molecule has 0 aromatic heterocycles. The summed E-state index contributed by atoms with van der Waals surface area (Å²) in [5, 5.41) is 2.63. The summed E-state index contributed by atoms with van der Waals surface area (Å²) >= 11 is 0. The molecular weight excluding hydrogens is 256 g/mol. The van der Waals surface area contributed by atoms with Crippen molar-refractivity contribution in [2.45, 2.75) is 26.2 Å². The first-order valence-corrected chi connectivity index (χ1v) is 7.67. The van der Waals surface area contributed by atoms with E-state index in [1.54, 1.807) is 6.92 Å². The summed E-state index contributed by atoms with van der Waals surface area (Å²) in [6, 6.07) is 13.1. The fraction of sp³-hybridized carbons (Fsp3) is 0.250. The van der Waals surface area contributed by atoms with E-state index in [1.807, 2.05) is 0 Å². The second-order valence-corrected chi connectivity index (χ2v) is 6.09. The van der Waals surface area contributed by atoms with Gasteiger partial charge in [0, 0.05) is 5.92 Å². The Morgan fingerprint density at radius 1 is 1.00 bits per heavy atom. The number of hydrogen-bond donors (Lipinski definition) is 0. The van der Waals surface area contributed by atoms with Crippen molar-refractivity contribution in [1.29, 1.82) is 0 Å². The van der Waals surface area contributed by atoms with Gasteiger partial charge in [-0.05, 0) is 58.9 Å². The van der Waals surface area contributed by atoms with E-state index in [0.717, 1.165) is 19.3 Å². The number of ketones is 1. The highest BCUT2D eigenvalue weighted by Crippen LogP contribution is 2.25. The summed E-state index contributed by atoms with van der Waals surface area (Å²) in [6.45, 7) is 1.71. The SMILES string of the molecule is CC(=O)C1C=c2c(ccc3c2=CCc2ccccc2-3)CC1. The zero-order valence-electron chi connectivity index (χ0n) is 12.2. The maximum absolute atomic E-state index is 11.7. The Balaban J connectivity index is 2.01. The number of fused-ring (bicyclic) bond motifs is 5. The van der Waals surface area contributed by atoms with Crippen molar-refractivity contribution in [3.8, 4) is 11.1 Å². The van der Waals surface area contributed by atoms with E-state index in [9.17, 15) is 4.79 Å². The van der Waals surface area contributed by atoms with Crippen molar-refractivity contribution in [3.63, 3.8) is 0 Å². The molecule has 0 heterocycles. The number of rotatable bonds is 1. The molecule has 1 nitrogen and oxygen atoms in total. The molecule has 21 heavy (non-hydrogen) atoms. The Labute approximate surface area is 124 Å². The van der Waals surface area contributed by atoms with Gasteiger partial charge in [0.15, 0.2) is 0 Å². The van der Waals surface area contributed by atoms with E-state index in [-0.39, 0.29) is 11.7 Å². The molecule has 0 amide bonds. The second kappa shape index (κ2) is 4.70.